The fourth-order valence-electron chi connectivity index (χ4n) is 2.82. The lowest BCUT2D eigenvalue weighted by Crippen LogP contribution is -2.38. The number of nitrogens with zero attached hydrogens (tertiary/aromatic N) is 6. The Morgan fingerprint density at radius 2 is 1.92 bits per heavy atom. The van der Waals surface area contributed by atoms with E-state index >= 15 is 0 Å². The molecule has 136 valence electrons. The summed E-state index contributed by atoms with van der Waals surface area (Å²) in [6.45, 7) is 5.57. The van der Waals surface area contributed by atoms with Gasteiger partial charge in [0.2, 0.25) is 11.8 Å². The fourth-order valence-corrected chi connectivity index (χ4v) is 3.59. The van der Waals surface area contributed by atoms with Gasteiger partial charge in [-0.1, -0.05) is 47.3 Å². The van der Waals surface area contributed by atoms with E-state index in [1.807, 2.05) is 18.2 Å². The third-order valence-electron chi connectivity index (χ3n) is 4.07. The highest BCUT2D eigenvalue weighted by Crippen LogP contribution is 2.26. The van der Waals surface area contributed by atoms with E-state index in [1.54, 1.807) is 18.7 Å². The smallest absolute Gasteiger partial charge is 0.228 e. The SMILES string of the molecule is Cc1nc(CSc2nnc(N3CCOCC3)n2Cc2ccccc2)no1. The summed E-state index contributed by atoms with van der Waals surface area (Å²) in [6.07, 6.45) is 0. The molecule has 0 bridgehead atoms. The fraction of sp³-hybridized carbons (Fsp3) is 0.412. The van der Waals surface area contributed by atoms with E-state index in [0.717, 1.165) is 24.2 Å². The number of thioether (sulfide) groups is 1. The molecule has 1 aliphatic rings. The number of aromatic nitrogens is 5. The summed E-state index contributed by atoms with van der Waals surface area (Å²) < 4.78 is 12.7. The molecule has 26 heavy (non-hydrogen) atoms. The highest BCUT2D eigenvalue weighted by molar-refractivity contribution is 7.98. The minimum absolute atomic E-state index is 0.570. The largest absolute Gasteiger partial charge is 0.378 e. The Balaban J connectivity index is 1.58. The van der Waals surface area contributed by atoms with Crippen LogP contribution in [0.15, 0.2) is 40.0 Å². The van der Waals surface area contributed by atoms with Gasteiger partial charge in [0.15, 0.2) is 11.0 Å². The first-order chi connectivity index (χ1) is 12.8. The highest BCUT2D eigenvalue weighted by Gasteiger charge is 2.21. The summed E-state index contributed by atoms with van der Waals surface area (Å²) in [5, 5.41) is 13.7. The van der Waals surface area contributed by atoms with Crippen molar-refractivity contribution in [2.24, 2.45) is 0 Å². The molecule has 0 radical (unpaired) electrons. The van der Waals surface area contributed by atoms with Gasteiger partial charge in [-0.2, -0.15) is 4.98 Å². The van der Waals surface area contributed by atoms with Crippen molar-refractivity contribution in [1.82, 2.24) is 24.9 Å². The number of hydrogen-bond donors (Lipinski definition) is 0. The van der Waals surface area contributed by atoms with Gasteiger partial charge in [0.25, 0.3) is 0 Å². The molecule has 1 fully saturated rings. The van der Waals surface area contributed by atoms with Crippen LogP contribution < -0.4 is 4.90 Å². The van der Waals surface area contributed by atoms with Crippen LogP contribution in [0.5, 0.6) is 0 Å². The first-order valence-corrected chi connectivity index (χ1v) is 9.50. The van der Waals surface area contributed by atoms with Gasteiger partial charge in [-0.05, 0) is 5.56 Å². The molecule has 2 aromatic heterocycles. The third kappa shape index (κ3) is 3.88. The van der Waals surface area contributed by atoms with Gasteiger partial charge < -0.3 is 14.2 Å². The molecule has 4 rings (SSSR count). The van der Waals surface area contributed by atoms with Crippen molar-refractivity contribution in [2.45, 2.75) is 24.4 Å². The van der Waals surface area contributed by atoms with E-state index in [4.69, 9.17) is 9.26 Å². The summed E-state index contributed by atoms with van der Waals surface area (Å²) in [4.78, 5) is 6.48. The maximum Gasteiger partial charge on any atom is 0.228 e. The van der Waals surface area contributed by atoms with Crippen molar-refractivity contribution in [3.63, 3.8) is 0 Å². The first kappa shape index (κ1) is 17.0. The van der Waals surface area contributed by atoms with Gasteiger partial charge in [0.05, 0.1) is 25.5 Å². The Kier molecular flexibility index (Phi) is 5.16. The van der Waals surface area contributed by atoms with Crippen molar-refractivity contribution in [1.29, 1.82) is 0 Å². The molecule has 3 aromatic rings. The monoisotopic (exact) mass is 372 g/mol. The van der Waals surface area contributed by atoms with E-state index in [2.05, 4.69) is 41.9 Å². The molecular weight excluding hydrogens is 352 g/mol. The number of rotatable bonds is 6. The van der Waals surface area contributed by atoms with Crippen LogP contribution in [0.25, 0.3) is 0 Å². The summed E-state index contributed by atoms with van der Waals surface area (Å²) in [6, 6.07) is 10.3. The minimum Gasteiger partial charge on any atom is -0.378 e. The second-order valence-corrected chi connectivity index (χ2v) is 6.91. The number of benzene rings is 1. The third-order valence-corrected chi connectivity index (χ3v) is 5.04. The molecule has 0 spiro atoms. The predicted molar refractivity (Wildman–Crippen MR) is 97.2 cm³/mol. The molecule has 0 N–H and O–H groups in total. The zero-order valence-electron chi connectivity index (χ0n) is 14.5. The van der Waals surface area contributed by atoms with E-state index in [-0.39, 0.29) is 0 Å². The van der Waals surface area contributed by atoms with E-state index in [9.17, 15) is 0 Å². The van der Waals surface area contributed by atoms with Crippen LogP contribution in [0.2, 0.25) is 0 Å². The van der Waals surface area contributed by atoms with Crippen LogP contribution in [0.4, 0.5) is 5.95 Å². The first-order valence-electron chi connectivity index (χ1n) is 8.51. The van der Waals surface area contributed by atoms with Crippen molar-refractivity contribution >= 4 is 17.7 Å². The number of morpholine rings is 1. The summed E-state index contributed by atoms with van der Waals surface area (Å²) in [7, 11) is 0. The molecule has 1 saturated heterocycles. The van der Waals surface area contributed by atoms with Crippen LogP contribution in [-0.4, -0.2) is 51.2 Å². The van der Waals surface area contributed by atoms with E-state index in [0.29, 0.717) is 37.2 Å². The highest BCUT2D eigenvalue weighted by atomic mass is 32.2. The lowest BCUT2D eigenvalue weighted by molar-refractivity contribution is 0.121. The molecule has 9 heteroatoms. The Hall–Kier alpha value is -2.39. The van der Waals surface area contributed by atoms with Gasteiger partial charge in [-0.15, -0.1) is 10.2 Å². The number of anilines is 1. The van der Waals surface area contributed by atoms with E-state index in [1.165, 1.54) is 5.56 Å². The van der Waals surface area contributed by atoms with Crippen molar-refractivity contribution in [3.05, 3.63) is 47.6 Å². The summed E-state index contributed by atoms with van der Waals surface area (Å²) in [5.74, 6) is 2.70. The topological polar surface area (TPSA) is 82.1 Å². The quantitative estimate of drug-likeness (QED) is 0.609. The lowest BCUT2D eigenvalue weighted by Gasteiger charge is -2.28. The molecular formula is C17H20N6O2S. The molecule has 0 amide bonds. The molecule has 0 aliphatic carbocycles. The molecule has 0 atom stereocenters. The second-order valence-electron chi connectivity index (χ2n) is 5.97. The van der Waals surface area contributed by atoms with Gasteiger partial charge in [0, 0.05) is 20.0 Å². The molecule has 3 heterocycles. The van der Waals surface area contributed by atoms with Crippen molar-refractivity contribution < 1.29 is 9.26 Å². The van der Waals surface area contributed by atoms with E-state index < -0.39 is 0 Å². The van der Waals surface area contributed by atoms with Gasteiger partial charge >= 0.3 is 0 Å². The number of ether oxygens (including phenoxy) is 1. The van der Waals surface area contributed by atoms with Crippen LogP contribution in [0.3, 0.4) is 0 Å². The Labute approximate surface area is 155 Å². The van der Waals surface area contributed by atoms with Gasteiger partial charge in [-0.3, -0.25) is 4.57 Å². The standard InChI is InChI=1S/C17H20N6O2S/c1-13-18-15(21-25-13)12-26-17-20-19-16(22-7-9-24-10-8-22)23(17)11-14-5-3-2-4-6-14/h2-6H,7-12H2,1H3. The van der Waals surface area contributed by atoms with Crippen LogP contribution in [0, 0.1) is 6.92 Å². The van der Waals surface area contributed by atoms with Crippen LogP contribution in [0.1, 0.15) is 17.3 Å². The Morgan fingerprint density at radius 3 is 2.65 bits per heavy atom. The molecule has 8 nitrogen and oxygen atoms in total. The molecule has 0 unspecified atom stereocenters. The molecule has 1 aromatic carbocycles. The maximum absolute atomic E-state index is 5.46. The Bertz CT molecular complexity index is 844. The average Bonchev–Trinajstić information content (AvgIpc) is 3.28. The zero-order valence-corrected chi connectivity index (χ0v) is 15.4. The number of aryl methyl sites for hydroxylation is 1. The summed E-state index contributed by atoms with van der Waals surface area (Å²) >= 11 is 1.56. The van der Waals surface area contributed by atoms with Gasteiger partial charge in [-0.25, -0.2) is 0 Å². The Morgan fingerprint density at radius 1 is 1.12 bits per heavy atom. The van der Waals surface area contributed by atoms with Gasteiger partial charge in [0.1, 0.15) is 0 Å². The molecule has 0 saturated carbocycles. The maximum atomic E-state index is 5.46. The lowest BCUT2D eigenvalue weighted by atomic mass is 10.2. The number of hydrogen-bond acceptors (Lipinski definition) is 8. The normalized spacial score (nSPS) is 14.7. The van der Waals surface area contributed by atoms with Crippen LogP contribution >= 0.6 is 11.8 Å². The second kappa shape index (κ2) is 7.88. The van der Waals surface area contributed by atoms with Crippen molar-refractivity contribution in [2.75, 3.05) is 31.2 Å². The molecule has 1 aliphatic heterocycles. The van der Waals surface area contributed by atoms with Crippen molar-refractivity contribution in [3.8, 4) is 0 Å². The summed E-state index contributed by atoms with van der Waals surface area (Å²) in [5.41, 5.74) is 1.21. The minimum atomic E-state index is 0.570. The van der Waals surface area contributed by atoms with Crippen LogP contribution in [-0.2, 0) is 17.0 Å². The zero-order chi connectivity index (χ0) is 17.8. The predicted octanol–water partition coefficient (Wildman–Crippen LogP) is 2.15. The average molecular weight is 372 g/mol.